The summed E-state index contributed by atoms with van der Waals surface area (Å²) < 4.78 is 5.29. The van der Waals surface area contributed by atoms with Crippen molar-refractivity contribution in [2.24, 2.45) is 0 Å². The molecule has 91 valence electrons. The zero-order valence-electron chi connectivity index (χ0n) is 9.95. The van der Waals surface area contributed by atoms with Crippen LogP contribution in [0.5, 0.6) is 5.75 Å². The third-order valence-corrected chi connectivity index (χ3v) is 3.30. The van der Waals surface area contributed by atoms with Crippen LogP contribution < -0.4 is 10.5 Å². The Balaban J connectivity index is 2.03. The third-order valence-electron chi connectivity index (χ3n) is 3.30. The van der Waals surface area contributed by atoms with E-state index in [0.29, 0.717) is 18.6 Å². The van der Waals surface area contributed by atoms with Gasteiger partial charge in [-0.3, -0.25) is 0 Å². The van der Waals surface area contributed by atoms with Gasteiger partial charge in [-0.15, -0.1) is 0 Å². The zero-order chi connectivity index (χ0) is 12.1. The highest BCUT2D eigenvalue weighted by Crippen LogP contribution is 2.28. The van der Waals surface area contributed by atoms with Gasteiger partial charge in [-0.05, 0) is 25.0 Å². The van der Waals surface area contributed by atoms with Gasteiger partial charge in [0, 0.05) is 0 Å². The predicted octanol–water partition coefficient (Wildman–Crippen LogP) is 2.97. The minimum atomic E-state index is -1.04. The number of para-hydroxylation sites is 1. The molecule has 3 heteroatoms. The molecule has 0 atom stereocenters. The van der Waals surface area contributed by atoms with Crippen LogP contribution in [0.25, 0.3) is 0 Å². The van der Waals surface area contributed by atoms with E-state index in [-0.39, 0.29) is 0 Å². The number of hydrogen-bond acceptors (Lipinski definition) is 2. The van der Waals surface area contributed by atoms with Crippen molar-refractivity contribution in [2.45, 2.75) is 44.1 Å². The first kappa shape index (κ1) is 12.1. The van der Waals surface area contributed by atoms with E-state index < -0.39 is 11.5 Å². The second-order valence-corrected chi connectivity index (χ2v) is 4.70. The molecule has 0 aromatic heterocycles. The van der Waals surface area contributed by atoms with Gasteiger partial charge in [0.25, 0.3) is 0 Å². The molecular formula is C14H18NO2. The second kappa shape index (κ2) is 5.32. The lowest BCUT2D eigenvalue weighted by atomic mass is 9.92. The summed E-state index contributed by atoms with van der Waals surface area (Å²) in [6, 6.07) is 9.02. The summed E-state index contributed by atoms with van der Waals surface area (Å²) in [4.78, 5) is 12.0. The highest BCUT2D eigenvalue weighted by molar-refractivity contribution is 5.82. The Morgan fingerprint density at radius 3 is 2.24 bits per heavy atom. The summed E-state index contributed by atoms with van der Waals surface area (Å²) in [5.74, 6) is 0.138. The van der Waals surface area contributed by atoms with Crippen LogP contribution in [0, 0.1) is 0 Å². The van der Waals surface area contributed by atoms with Gasteiger partial charge in [0.1, 0.15) is 11.3 Å². The van der Waals surface area contributed by atoms with Crippen molar-refractivity contribution in [2.75, 3.05) is 0 Å². The van der Waals surface area contributed by atoms with Crippen molar-refractivity contribution in [1.29, 1.82) is 0 Å². The van der Waals surface area contributed by atoms with E-state index in [1.807, 2.05) is 18.2 Å². The largest absolute Gasteiger partial charge is 0.425 e. The fourth-order valence-electron chi connectivity index (χ4n) is 2.23. The quantitative estimate of drug-likeness (QED) is 0.447. The highest BCUT2D eigenvalue weighted by atomic mass is 16.5. The third kappa shape index (κ3) is 3.07. The topological polar surface area (TPSA) is 50.1 Å². The highest BCUT2D eigenvalue weighted by Gasteiger charge is 2.37. The second-order valence-electron chi connectivity index (χ2n) is 4.70. The summed E-state index contributed by atoms with van der Waals surface area (Å²) in [5, 5.41) is 0. The van der Waals surface area contributed by atoms with Crippen LogP contribution in [0.4, 0.5) is 0 Å². The van der Waals surface area contributed by atoms with Gasteiger partial charge in [0.05, 0.1) is 0 Å². The molecule has 17 heavy (non-hydrogen) atoms. The minimum absolute atomic E-state index is 0.398. The van der Waals surface area contributed by atoms with Gasteiger partial charge in [0.2, 0.25) is 0 Å². The first-order valence-electron chi connectivity index (χ1n) is 6.23. The zero-order valence-corrected chi connectivity index (χ0v) is 9.95. The van der Waals surface area contributed by atoms with Crippen molar-refractivity contribution in [3.63, 3.8) is 0 Å². The number of hydrogen-bond donors (Lipinski definition) is 0. The Morgan fingerprint density at radius 2 is 1.65 bits per heavy atom. The van der Waals surface area contributed by atoms with Gasteiger partial charge in [-0.2, -0.15) is 0 Å². The normalized spacial score (nSPS) is 19.4. The average molecular weight is 232 g/mol. The SMILES string of the molecule is [NH]C1(C(=O)Oc2ccccc2)CCCCCC1. The maximum Gasteiger partial charge on any atom is 0.333 e. The van der Waals surface area contributed by atoms with Crippen molar-refractivity contribution in [1.82, 2.24) is 5.73 Å². The first-order chi connectivity index (χ1) is 8.21. The molecule has 1 aromatic carbocycles. The van der Waals surface area contributed by atoms with Gasteiger partial charge >= 0.3 is 5.97 Å². The van der Waals surface area contributed by atoms with Gasteiger partial charge in [-0.25, -0.2) is 10.5 Å². The Kier molecular flexibility index (Phi) is 3.79. The van der Waals surface area contributed by atoms with E-state index in [0.717, 1.165) is 25.7 Å². The summed E-state index contributed by atoms with van der Waals surface area (Å²) >= 11 is 0. The van der Waals surface area contributed by atoms with Crippen LogP contribution in [0.2, 0.25) is 0 Å². The molecule has 1 radical (unpaired) electrons. The molecule has 0 aliphatic heterocycles. The Labute approximate surface area is 102 Å². The summed E-state index contributed by atoms with van der Waals surface area (Å²) in [7, 11) is 0. The molecule has 0 heterocycles. The predicted molar refractivity (Wildman–Crippen MR) is 65.6 cm³/mol. The Bertz CT molecular complexity index is 367. The summed E-state index contributed by atoms with van der Waals surface area (Å²) in [6.45, 7) is 0. The van der Waals surface area contributed by atoms with Crippen LogP contribution in [-0.4, -0.2) is 11.5 Å². The number of carbonyl (C=O) groups is 1. The first-order valence-corrected chi connectivity index (χ1v) is 6.23. The van der Waals surface area contributed by atoms with Gasteiger partial charge in [0.15, 0.2) is 0 Å². The van der Waals surface area contributed by atoms with Gasteiger partial charge in [-0.1, -0.05) is 43.9 Å². The molecule has 0 saturated heterocycles. The lowest BCUT2D eigenvalue weighted by Crippen LogP contribution is -2.43. The molecule has 1 saturated carbocycles. The number of nitrogens with one attached hydrogen (secondary N) is 1. The van der Waals surface area contributed by atoms with Crippen LogP contribution in [0.3, 0.4) is 0 Å². The summed E-state index contributed by atoms with van der Waals surface area (Å²) in [6.07, 6.45) is 5.40. The molecule has 3 nitrogen and oxygen atoms in total. The lowest BCUT2D eigenvalue weighted by Gasteiger charge is -2.24. The number of rotatable bonds is 2. The minimum Gasteiger partial charge on any atom is -0.425 e. The molecule has 0 amide bonds. The van der Waals surface area contributed by atoms with E-state index in [1.165, 1.54) is 0 Å². The smallest absolute Gasteiger partial charge is 0.333 e. The van der Waals surface area contributed by atoms with Gasteiger partial charge < -0.3 is 4.74 Å². The Morgan fingerprint density at radius 1 is 1.06 bits per heavy atom. The van der Waals surface area contributed by atoms with Crippen molar-refractivity contribution in [3.8, 4) is 5.75 Å². The number of ether oxygens (including phenoxy) is 1. The number of benzene rings is 1. The average Bonchev–Trinajstić information content (AvgIpc) is 2.56. The van der Waals surface area contributed by atoms with E-state index >= 15 is 0 Å². The molecule has 0 unspecified atom stereocenters. The van der Waals surface area contributed by atoms with E-state index in [4.69, 9.17) is 10.5 Å². The van der Waals surface area contributed by atoms with Crippen LogP contribution in [0.15, 0.2) is 30.3 Å². The van der Waals surface area contributed by atoms with E-state index in [9.17, 15) is 4.79 Å². The molecule has 0 spiro atoms. The fourth-order valence-corrected chi connectivity index (χ4v) is 2.23. The molecule has 2 rings (SSSR count). The van der Waals surface area contributed by atoms with Crippen molar-refractivity contribution in [3.05, 3.63) is 30.3 Å². The lowest BCUT2D eigenvalue weighted by molar-refractivity contribution is -0.141. The van der Waals surface area contributed by atoms with Crippen LogP contribution >= 0.6 is 0 Å². The maximum atomic E-state index is 12.0. The molecule has 1 aliphatic carbocycles. The molecular weight excluding hydrogens is 214 g/mol. The molecule has 1 aliphatic rings. The molecule has 0 bridgehead atoms. The number of carbonyl (C=O) groups excluding carboxylic acids is 1. The molecule has 1 aromatic rings. The molecule has 1 fully saturated rings. The maximum absolute atomic E-state index is 12.0. The number of esters is 1. The van der Waals surface area contributed by atoms with Crippen LogP contribution in [-0.2, 0) is 4.79 Å². The Hall–Kier alpha value is -1.35. The van der Waals surface area contributed by atoms with Crippen molar-refractivity contribution >= 4 is 5.97 Å². The van der Waals surface area contributed by atoms with E-state index in [2.05, 4.69) is 0 Å². The van der Waals surface area contributed by atoms with Crippen molar-refractivity contribution < 1.29 is 9.53 Å². The molecule has 1 N–H and O–H groups in total. The van der Waals surface area contributed by atoms with Crippen LogP contribution in [0.1, 0.15) is 38.5 Å². The monoisotopic (exact) mass is 232 g/mol. The summed E-state index contributed by atoms with van der Waals surface area (Å²) in [5.41, 5.74) is 7.21. The standard InChI is InChI=1S/C14H18NO2/c15-14(10-6-1-2-7-11-14)13(16)17-12-8-4-3-5-9-12/h3-5,8-9,15H,1-2,6-7,10-11H2. The fraction of sp³-hybridized carbons (Fsp3) is 0.500. The van der Waals surface area contributed by atoms with E-state index in [1.54, 1.807) is 12.1 Å².